The van der Waals surface area contributed by atoms with Crippen molar-refractivity contribution in [1.29, 1.82) is 0 Å². The Balaban J connectivity index is 2.30. The fraction of sp³-hybridized carbons (Fsp3) is 0.714. The normalized spacial score (nSPS) is 23.6. The zero-order valence-electron chi connectivity index (χ0n) is 11.8. The smallest absolute Gasteiger partial charge is 0.160 e. The van der Waals surface area contributed by atoms with Crippen molar-refractivity contribution in [3.05, 3.63) is 22.8 Å². The number of nitrogens with one attached hydrogen (secondary N) is 1. The molecule has 0 amide bonds. The number of nitrogens with zero attached hydrogens (tertiary/aromatic N) is 2. The summed E-state index contributed by atoms with van der Waals surface area (Å²) in [5.74, 6) is 0.850. The summed E-state index contributed by atoms with van der Waals surface area (Å²) in [6.45, 7) is 8.02. The van der Waals surface area contributed by atoms with Crippen LogP contribution < -0.4 is 5.32 Å². The second-order valence-corrected chi connectivity index (χ2v) is 5.23. The lowest BCUT2D eigenvalue weighted by atomic mass is 10.0. The summed E-state index contributed by atoms with van der Waals surface area (Å²) in [7, 11) is 1.97. The molecule has 1 aliphatic rings. The maximum atomic E-state index is 5.82. The summed E-state index contributed by atoms with van der Waals surface area (Å²) < 4.78 is 5.82. The molecule has 1 N–H and O–H groups in total. The van der Waals surface area contributed by atoms with Crippen molar-refractivity contribution < 1.29 is 4.74 Å². The van der Waals surface area contributed by atoms with E-state index >= 15 is 0 Å². The van der Waals surface area contributed by atoms with Gasteiger partial charge in [0.1, 0.15) is 5.60 Å². The molecule has 2 heterocycles. The molecule has 0 radical (unpaired) electrons. The molecular weight excluding hydrogens is 226 g/mol. The summed E-state index contributed by atoms with van der Waals surface area (Å²) in [5, 5.41) is 3.17. The van der Waals surface area contributed by atoms with Crippen molar-refractivity contribution in [3.8, 4) is 0 Å². The van der Waals surface area contributed by atoms with Gasteiger partial charge in [-0.3, -0.25) is 0 Å². The van der Waals surface area contributed by atoms with Crippen molar-refractivity contribution in [2.45, 2.75) is 45.6 Å². The molecule has 4 heteroatoms. The Morgan fingerprint density at radius 1 is 1.28 bits per heavy atom. The lowest BCUT2D eigenvalue weighted by Crippen LogP contribution is -2.25. The maximum absolute atomic E-state index is 5.82. The molecular formula is C14H23N3O. The molecule has 0 aliphatic carbocycles. The highest BCUT2D eigenvalue weighted by atomic mass is 16.5. The van der Waals surface area contributed by atoms with E-state index < -0.39 is 0 Å². The van der Waals surface area contributed by atoms with E-state index in [9.17, 15) is 0 Å². The highest BCUT2D eigenvalue weighted by Gasteiger charge is 2.35. The van der Waals surface area contributed by atoms with Crippen LogP contribution in [0.1, 0.15) is 42.5 Å². The average molecular weight is 249 g/mol. The van der Waals surface area contributed by atoms with Gasteiger partial charge in [-0.05, 0) is 59.2 Å². The topological polar surface area (TPSA) is 47.0 Å². The Hall–Kier alpha value is -1.00. The Bertz CT molecular complexity index is 402. The van der Waals surface area contributed by atoms with Gasteiger partial charge in [-0.25, -0.2) is 9.97 Å². The van der Waals surface area contributed by atoms with E-state index in [0.29, 0.717) is 0 Å². The Labute approximate surface area is 109 Å². The van der Waals surface area contributed by atoms with Crippen LogP contribution in [0.2, 0.25) is 0 Å². The van der Waals surface area contributed by atoms with Gasteiger partial charge in [0.25, 0.3) is 0 Å². The van der Waals surface area contributed by atoms with Crippen molar-refractivity contribution in [2.75, 3.05) is 20.2 Å². The molecule has 1 aromatic rings. The molecule has 1 atom stereocenters. The van der Waals surface area contributed by atoms with E-state index in [-0.39, 0.29) is 5.60 Å². The summed E-state index contributed by atoms with van der Waals surface area (Å²) in [4.78, 5) is 9.35. The van der Waals surface area contributed by atoms with Crippen LogP contribution in [0.5, 0.6) is 0 Å². The number of likely N-dealkylation sites (N-methyl/N-ethyl adjacent to an activating group) is 1. The number of hydrogen-bond acceptors (Lipinski definition) is 4. The van der Waals surface area contributed by atoms with Gasteiger partial charge >= 0.3 is 0 Å². The van der Waals surface area contributed by atoms with Gasteiger partial charge in [-0.1, -0.05) is 0 Å². The van der Waals surface area contributed by atoms with Crippen LogP contribution in [0.3, 0.4) is 0 Å². The monoisotopic (exact) mass is 249 g/mol. The van der Waals surface area contributed by atoms with Crippen LogP contribution in [0.15, 0.2) is 0 Å². The fourth-order valence-electron chi connectivity index (χ4n) is 2.54. The van der Waals surface area contributed by atoms with Gasteiger partial charge in [0.15, 0.2) is 5.82 Å². The number of aryl methyl sites for hydroxylation is 2. The molecule has 4 nitrogen and oxygen atoms in total. The van der Waals surface area contributed by atoms with Crippen LogP contribution in [-0.2, 0) is 16.8 Å². The van der Waals surface area contributed by atoms with E-state index in [0.717, 1.165) is 49.6 Å². The molecule has 0 spiro atoms. The van der Waals surface area contributed by atoms with Gasteiger partial charge in [0.2, 0.25) is 0 Å². The molecule has 18 heavy (non-hydrogen) atoms. The molecule has 1 aliphatic heterocycles. The molecule has 0 bridgehead atoms. The third-order valence-electron chi connectivity index (χ3n) is 3.74. The Morgan fingerprint density at radius 3 is 2.44 bits per heavy atom. The summed E-state index contributed by atoms with van der Waals surface area (Å²) in [5.41, 5.74) is 3.15. The number of hydrogen-bond donors (Lipinski definition) is 1. The van der Waals surface area contributed by atoms with Gasteiger partial charge < -0.3 is 10.1 Å². The predicted octanol–water partition coefficient (Wildman–Crippen LogP) is 1.88. The molecule has 0 saturated carbocycles. The lowest BCUT2D eigenvalue weighted by molar-refractivity contribution is 0.00902. The zero-order chi connectivity index (χ0) is 13.2. The van der Waals surface area contributed by atoms with Gasteiger partial charge in [-0.2, -0.15) is 0 Å². The Kier molecular flexibility index (Phi) is 3.97. The predicted molar refractivity (Wildman–Crippen MR) is 71.7 cm³/mol. The van der Waals surface area contributed by atoms with Crippen LogP contribution >= 0.6 is 0 Å². The first-order valence-electron chi connectivity index (χ1n) is 6.70. The minimum absolute atomic E-state index is 0.281. The second-order valence-electron chi connectivity index (χ2n) is 5.23. The van der Waals surface area contributed by atoms with E-state index in [1.54, 1.807) is 0 Å². The average Bonchev–Trinajstić information content (AvgIpc) is 2.76. The minimum Gasteiger partial charge on any atom is -0.367 e. The molecule has 1 aromatic heterocycles. The summed E-state index contributed by atoms with van der Waals surface area (Å²) in [6.07, 6.45) is 3.09. The van der Waals surface area contributed by atoms with Crippen molar-refractivity contribution >= 4 is 0 Å². The van der Waals surface area contributed by atoms with Gasteiger partial charge in [0, 0.05) is 18.0 Å². The highest BCUT2D eigenvalue weighted by molar-refractivity contribution is 5.26. The van der Waals surface area contributed by atoms with Crippen molar-refractivity contribution in [1.82, 2.24) is 15.3 Å². The molecule has 1 fully saturated rings. The minimum atomic E-state index is -0.281. The molecule has 0 aromatic carbocycles. The first-order chi connectivity index (χ1) is 8.57. The SMILES string of the molecule is CNCCc1c(C)nc(C2(C)CCCO2)nc1C. The van der Waals surface area contributed by atoms with Crippen LogP contribution in [0, 0.1) is 13.8 Å². The molecule has 100 valence electrons. The molecule has 1 saturated heterocycles. The number of ether oxygens (including phenoxy) is 1. The lowest BCUT2D eigenvalue weighted by Gasteiger charge is -2.23. The standard InChI is InChI=1S/C14H23N3O/c1-10-12(6-8-15-4)11(2)17-13(16-10)14(3)7-5-9-18-14/h15H,5-9H2,1-4H3. The van der Waals surface area contributed by atoms with Gasteiger partial charge in [-0.15, -0.1) is 0 Å². The Morgan fingerprint density at radius 2 is 1.94 bits per heavy atom. The van der Waals surface area contributed by atoms with E-state index in [2.05, 4.69) is 36.1 Å². The van der Waals surface area contributed by atoms with Crippen LogP contribution in [-0.4, -0.2) is 30.2 Å². The second kappa shape index (κ2) is 5.33. The highest BCUT2D eigenvalue weighted by Crippen LogP contribution is 2.33. The molecule has 1 unspecified atom stereocenters. The van der Waals surface area contributed by atoms with E-state index in [1.807, 2.05) is 7.05 Å². The zero-order valence-corrected chi connectivity index (χ0v) is 11.8. The van der Waals surface area contributed by atoms with Crippen molar-refractivity contribution in [3.63, 3.8) is 0 Å². The quantitative estimate of drug-likeness (QED) is 0.885. The van der Waals surface area contributed by atoms with Gasteiger partial charge in [0.05, 0.1) is 0 Å². The van der Waals surface area contributed by atoms with Crippen molar-refractivity contribution in [2.24, 2.45) is 0 Å². The third-order valence-corrected chi connectivity index (χ3v) is 3.74. The van der Waals surface area contributed by atoms with Crippen LogP contribution in [0.25, 0.3) is 0 Å². The first kappa shape index (κ1) is 13.4. The number of aromatic nitrogens is 2. The maximum Gasteiger partial charge on any atom is 0.160 e. The van der Waals surface area contributed by atoms with E-state index in [4.69, 9.17) is 4.74 Å². The summed E-state index contributed by atoms with van der Waals surface area (Å²) in [6, 6.07) is 0. The largest absolute Gasteiger partial charge is 0.367 e. The van der Waals surface area contributed by atoms with Crippen LogP contribution in [0.4, 0.5) is 0 Å². The van der Waals surface area contributed by atoms with E-state index in [1.165, 1.54) is 5.56 Å². The molecule has 2 rings (SSSR count). The third kappa shape index (κ3) is 2.54. The first-order valence-corrected chi connectivity index (χ1v) is 6.70. The number of rotatable bonds is 4. The summed E-state index contributed by atoms with van der Waals surface area (Å²) >= 11 is 0. The fourth-order valence-corrected chi connectivity index (χ4v) is 2.54.